The highest BCUT2D eigenvalue weighted by Crippen LogP contribution is 2.45. The van der Waals surface area contributed by atoms with Gasteiger partial charge in [0, 0.05) is 28.3 Å². The highest BCUT2D eigenvalue weighted by Gasteiger charge is 2.30. The van der Waals surface area contributed by atoms with E-state index in [2.05, 4.69) is 5.32 Å². The van der Waals surface area contributed by atoms with Crippen LogP contribution in [0, 0.1) is 0 Å². The second-order valence-corrected chi connectivity index (χ2v) is 8.19. The Morgan fingerprint density at radius 1 is 1.07 bits per heavy atom. The second kappa shape index (κ2) is 9.05. The van der Waals surface area contributed by atoms with Gasteiger partial charge in [-0.1, -0.05) is 48.5 Å². The van der Waals surface area contributed by atoms with E-state index in [-0.39, 0.29) is 23.6 Å². The molecule has 1 heterocycles. The molecule has 0 aliphatic carbocycles. The topological polar surface area (TPSA) is 58.6 Å². The molecule has 1 N–H and O–H groups in total. The summed E-state index contributed by atoms with van der Waals surface area (Å²) in [6.07, 6.45) is 0.329. The third-order valence-corrected chi connectivity index (χ3v) is 6.24. The number of rotatable bonds is 5. The van der Waals surface area contributed by atoms with Crippen LogP contribution in [0.2, 0.25) is 0 Å². The molecule has 0 radical (unpaired) electrons. The lowest BCUT2D eigenvalue weighted by atomic mass is 10.1. The number of ether oxygens (including phenoxy) is 1. The number of nitrogens with zero attached hydrogens (tertiary/aromatic N) is 1. The van der Waals surface area contributed by atoms with Crippen LogP contribution in [-0.2, 0) is 9.59 Å². The van der Waals surface area contributed by atoms with Crippen LogP contribution in [-0.4, -0.2) is 25.5 Å². The summed E-state index contributed by atoms with van der Waals surface area (Å²) in [7, 11) is 1.58. The zero-order chi connectivity index (χ0) is 20.9. The van der Waals surface area contributed by atoms with Crippen molar-refractivity contribution in [2.24, 2.45) is 0 Å². The Labute approximate surface area is 180 Å². The van der Waals surface area contributed by atoms with E-state index in [1.165, 1.54) is 0 Å². The van der Waals surface area contributed by atoms with E-state index in [1.54, 1.807) is 35.9 Å². The first kappa shape index (κ1) is 20.0. The molecular weight excluding hydrogens is 396 g/mol. The number of thioether (sulfide) groups is 1. The molecule has 1 aliphatic rings. The quantitative estimate of drug-likeness (QED) is 0.640. The number of para-hydroxylation sites is 1. The van der Waals surface area contributed by atoms with E-state index in [0.717, 1.165) is 16.1 Å². The smallest absolute Gasteiger partial charge is 0.244 e. The summed E-state index contributed by atoms with van der Waals surface area (Å²) in [5, 5.41) is 2.86. The first-order valence-electron chi connectivity index (χ1n) is 9.69. The van der Waals surface area contributed by atoms with Crippen molar-refractivity contribution in [3.05, 3.63) is 84.4 Å². The molecule has 4 rings (SSSR count). The molecule has 3 aromatic rings. The van der Waals surface area contributed by atoms with E-state index >= 15 is 0 Å². The van der Waals surface area contributed by atoms with Crippen LogP contribution in [0.3, 0.4) is 0 Å². The summed E-state index contributed by atoms with van der Waals surface area (Å²) in [6.45, 7) is -0.0465. The maximum atomic E-state index is 13.2. The number of fused-ring (bicyclic) bond motifs is 1. The summed E-state index contributed by atoms with van der Waals surface area (Å²) in [6, 6.07) is 24.9. The van der Waals surface area contributed by atoms with Gasteiger partial charge in [-0.3, -0.25) is 9.59 Å². The number of hydrogen-bond acceptors (Lipinski definition) is 4. The summed E-state index contributed by atoms with van der Waals surface area (Å²) >= 11 is 1.66. The third kappa shape index (κ3) is 4.49. The Balaban J connectivity index is 1.57. The van der Waals surface area contributed by atoms with Crippen molar-refractivity contribution < 1.29 is 14.3 Å². The SMILES string of the molecule is COc1cccc(NC(=O)CN2C(=O)C[C@@H](c3ccccc3)Sc3ccccc32)c1. The van der Waals surface area contributed by atoms with Crippen LogP contribution < -0.4 is 15.0 Å². The number of amides is 2. The van der Waals surface area contributed by atoms with Crippen LogP contribution in [0.1, 0.15) is 17.2 Å². The zero-order valence-corrected chi connectivity index (χ0v) is 17.4. The fourth-order valence-corrected chi connectivity index (χ4v) is 4.73. The molecule has 30 heavy (non-hydrogen) atoms. The van der Waals surface area contributed by atoms with Crippen LogP contribution in [0.5, 0.6) is 5.75 Å². The number of nitrogens with one attached hydrogen (secondary N) is 1. The van der Waals surface area contributed by atoms with E-state index in [0.29, 0.717) is 17.9 Å². The highest BCUT2D eigenvalue weighted by atomic mass is 32.2. The van der Waals surface area contributed by atoms with Gasteiger partial charge in [-0.2, -0.15) is 0 Å². The number of anilines is 2. The van der Waals surface area contributed by atoms with E-state index in [1.807, 2.05) is 66.7 Å². The summed E-state index contributed by atoms with van der Waals surface area (Å²) < 4.78 is 5.20. The van der Waals surface area contributed by atoms with Gasteiger partial charge in [0.2, 0.25) is 11.8 Å². The summed E-state index contributed by atoms with van der Waals surface area (Å²) in [5.41, 5.74) is 2.51. The minimum atomic E-state index is -0.255. The maximum Gasteiger partial charge on any atom is 0.244 e. The van der Waals surface area contributed by atoms with Crippen molar-refractivity contribution in [1.82, 2.24) is 0 Å². The minimum Gasteiger partial charge on any atom is -0.497 e. The predicted octanol–water partition coefficient (Wildman–Crippen LogP) is 4.90. The molecule has 0 saturated carbocycles. The average Bonchev–Trinajstić information content (AvgIpc) is 2.91. The van der Waals surface area contributed by atoms with Gasteiger partial charge in [0.05, 0.1) is 12.8 Å². The van der Waals surface area contributed by atoms with Gasteiger partial charge in [0.25, 0.3) is 0 Å². The van der Waals surface area contributed by atoms with Gasteiger partial charge in [-0.15, -0.1) is 11.8 Å². The standard InChI is InChI=1S/C24H22N2O3S/c1-29-19-11-7-10-18(14-19)25-23(27)16-26-20-12-5-6-13-21(20)30-22(15-24(26)28)17-8-3-2-4-9-17/h2-14,22H,15-16H2,1H3,(H,25,27)/t22-/m0/s1. The molecule has 0 spiro atoms. The molecule has 5 nitrogen and oxygen atoms in total. The molecule has 1 aliphatic heterocycles. The number of carbonyl (C=O) groups is 2. The second-order valence-electron chi connectivity index (χ2n) is 6.95. The number of methoxy groups -OCH3 is 1. The van der Waals surface area contributed by atoms with Crippen LogP contribution in [0.25, 0.3) is 0 Å². The minimum absolute atomic E-state index is 0.00583. The molecule has 0 unspecified atom stereocenters. The summed E-state index contributed by atoms with van der Waals surface area (Å²) in [4.78, 5) is 28.5. The Hall–Kier alpha value is -3.25. The van der Waals surface area contributed by atoms with Gasteiger partial charge in [-0.05, 0) is 29.8 Å². The molecule has 6 heteroatoms. The molecule has 152 valence electrons. The fraction of sp³-hybridized carbons (Fsp3) is 0.167. The lowest BCUT2D eigenvalue weighted by Crippen LogP contribution is -2.38. The van der Waals surface area contributed by atoms with E-state index in [9.17, 15) is 9.59 Å². The third-order valence-electron chi connectivity index (χ3n) is 4.91. The number of carbonyl (C=O) groups excluding carboxylic acids is 2. The van der Waals surface area contributed by atoms with Crippen molar-refractivity contribution in [3.63, 3.8) is 0 Å². The van der Waals surface area contributed by atoms with Crippen LogP contribution in [0.15, 0.2) is 83.8 Å². The lowest BCUT2D eigenvalue weighted by molar-refractivity contribution is -0.121. The van der Waals surface area contributed by atoms with Gasteiger partial charge >= 0.3 is 0 Å². The maximum absolute atomic E-state index is 13.2. The molecule has 0 fully saturated rings. The average molecular weight is 419 g/mol. The first-order valence-corrected chi connectivity index (χ1v) is 10.6. The summed E-state index contributed by atoms with van der Waals surface area (Å²) in [5.74, 6) is 0.336. The molecule has 0 aromatic heterocycles. The molecule has 0 bridgehead atoms. The van der Waals surface area contributed by atoms with E-state index < -0.39 is 0 Å². The van der Waals surface area contributed by atoms with Crippen LogP contribution in [0.4, 0.5) is 11.4 Å². The lowest BCUT2D eigenvalue weighted by Gasteiger charge is -2.22. The highest BCUT2D eigenvalue weighted by molar-refractivity contribution is 7.99. The predicted molar refractivity (Wildman–Crippen MR) is 120 cm³/mol. The van der Waals surface area contributed by atoms with Crippen molar-refractivity contribution >= 4 is 35.0 Å². The Morgan fingerprint density at radius 3 is 2.63 bits per heavy atom. The zero-order valence-electron chi connectivity index (χ0n) is 16.6. The monoisotopic (exact) mass is 418 g/mol. The fourth-order valence-electron chi connectivity index (χ4n) is 3.45. The van der Waals surface area contributed by atoms with Crippen molar-refractivity contribution in [2.75, 3.05) is 23.9 Å². The van der Waals surface area contributed by atoms with Gasteiger partial charge in [0.1, 0.15) is 12.3 Å². The molecule has 0 saturated heterocycles. The molecular formula is C24H22N2O3S. The van der Waals surface area contributed by atoms with Crippen molar-refractivity contribution in [2.45, 2.75) is 16.6 Å². The molecule has 2 amide bonds. The first-order chi connectivity index (χ1) is 14.6. The largest absolute Gasteiger partial charge is 0.497 e. The van der Waals surface area contributed by atoms with Crippen LogP contribution >= 0.6 is 11.8 Å². The van der Waals surface area contributed by atoms with Gasteiger partial charge in [-0.25, -0.2) is 0 Å². The normalized spacial score (nSPS) is 15.8. The van der Waals surface area contributed by atoms with Gasteiger partial charge in [0.15, 0.2) is 0 Å². The molecule has 3 aromatic carbocycles. The Morgan fingerprint density at radius 2 is 1.83 bits per heavy atom. The van der Waals surface area contributed by atoms with Crippen molar-refractivity contribution in [1.29, 1.82) is 0 Å². The Kier molecular flexibility index (Phi) is 6.05. The van der Waals surface area contributed by atoms with Crippen molar-refractivity contribution in [3.8, 4) is 5.75 Å². The number of hydrogen-bond donors (Lipinski definition) is 1. The number of benzene rings is 3. The van der Waals surface area contributed by atoms with Gasteiger partial charge < -0.3 is 15.0 Å². The molecule has 1 atom stereocenters. The van der Waals surface area contributed by atoms with E-state index in [4.69, 9.17) is 4.74 Å². The Bertz CT molecular complexity index is 1060.